The predicted molar refractivity (Wildman–Crippen MR) is 101 cm³/mol. The predicted octanol–water partition coefficient (Wildman–Crippen LogP) is 0.268. The second-order valence-electron chi connectivity index (χ2n) is 7.68. The number of fused-ring (bicyclic) bond motifs is 1. The molecule has 8 nitrogen and oxygen atoms in total. The number of alkyl halides is 1. The van der Waals surface area contributed by atoms with Crippen molar-refractivity contribution in [1.29, 1.82) is 0 Å². The zero-order chi connectivity index (χ0) is 20.5. The van der Waals surface area contributed by atoms with Crippen LogP contribution in [0.5, 0.6) is 0 Å². The number of piperidine rings is 1. The average Bonchev–Trinajstić information content (AvgIpc) is 2.83. The van der Waals surface area contributed by atoms with Crippen molar-refractivity contribution < 1.29 is 23.6 Å². The van der Waals surface area contributed by atoms with Crippen molar-refractivity contribution in [3.63, 3.8) is 0 Å². The number of halogens is 1. The fraction of sp³-hybridized carbons (Fsp3) is 0.500. The van der Waals surface area contributed by atoms with Crippen LogP contribution in [-0.4, -0.2) is 59.9 Å². The maximum absolute atomic E-state index is 14.2. The molecule has 2 saturated heterocycles. The van der Waals surface area contributed by atoms with Crippen LogP contribution in [0.15, 0.2) is 18.2 Å². The van der Waals surface area contributed by atoms with Gasteiger partial charge < -0.3 is 10.6 Å². The number of carbonyl (C=O) groups is 4. The van der Waals surface area contributed by atoms with Crippen LogP contribution in [0.2, 0.25) is 0 Å². The van der Waals surface area contributed by atoms with E-state index in [-0.39, 0.29) is 30.0 Å². The molecule has 0 bridgehead atoms. The summed E-state index contributed by atoms with van der Waals surface area (Å²) in [7, 11) is 0. The van der Waals surface area contributed by atoms with Gasteiger partial charge in [-0.15, -0.1) is 0 Å². The van der Waals surface area contributed by atoms with Gasteiger partial charge in [-0.3, -0.25) is 29.4 Å². The number of carbonyl (C=O) groups excluding carboxylic acids is 4. The second-order valence-corrected chi connectivity index (χ2v) is 7.68. The van der Waals surface area contributed by atoms with Crippen molar-refractivity contribution in [2.75, 3.05) is 13.1 Å². The van der Waals surface area contributed by atoms with E-state index in [4.69, 9.17) is 0 Å². The van der Waals surface area contributed by atoms with Crippen LogP contribution in [-0.2, 0) is 16.1 Å². The molecule has 0 aromatic heterocycles. The first-order valence-corrected chi connectivity index (χ1v) is 9.88. The van der Waals surface area contributed by atoms with Gasteiger partial charge in [0.25, 0.3) is 11.8 Å². The van der Waals surface area contributed by atoms with E-state index in [0.717, 1.165) is 29.8 Å². The van der Waals surface area contributed by atoms with Crippen molar-refractivity contribution in [3.8, 4) is 0 Å². The molecule has 3 aliphatic rings. The van der Waals surface area contributed by atoms with E-state index >= 15 is 0 Å². The summed E-state index contributed by atoms with van der Waals surface area (Å²) in [6, 6.07) is 3.67. The maximum atomic E-state index is 14.2. The van der Waals surface area contributed by atoms with E-state index in [1.165, 1.54) is 0 Å². The molecule has 3 aliphatic heterocycles. The van der Waals surface area contributed by atoms with E-state index in [1.54, 1.807) is 18.2 Å². The van der Waals surface area contributed by atoms with E-state index in [9.17, 15) is 23.6 Å². The smallest absolute Gasteiger partial charge is 0.262 e. The Kier molecular flexibility index (Phi) is 5.42. The lowest BCUT2D eigenvalue weighted by atomic mass is 10.0. The molecule has 3 unspecified atom stereocenters. The summed E-state index contributed by atoms with van der Waals surface area (Å²) in [5, 5.41) is 8.44. The van der Waals surface area contributed by atoms with Crippen LogP contribution in [0.1, 0.15) is 52.0 Å². The van der Waals surface area contributed by atoms with Gasteiger partial charge in [-0.1, -0.05) is 6.07 Å². The van der Waals surface area contributed by atoms with Gasteiger partial charge in [0.15, 0.2) is 0 Å². The molecule has 3 atom stereocenters. The van der Waals surface area contributed by atoms with Crippen molar-refractivity contribution in [2.45, 2.75) is 50.5 Å². The highest BCUT2D eigenvalue weighted by molar-refractivity contribution is 6.23. The van der Waals surface area contributed by atoms with Crippen LogP contribution in [0, 0.1) is 0 Å². The summed E-state index contributed by atoms with van der Waals surface area (Å²) >= 11 is 0. The summed E-state index contributed by atoms with van der Waals surface area (Å²) in [5.74, 6) is -2.11. The highest BCUT2D eigenvalue weighted by atomic mass is 19.1. The molecule has 3 N–H and O–H groups in total. The number of nitrogens with zero attached hydrogens (tertiary/aromatic N) is 1. The Morgan fingerprint density at radius 2 is 1.90 bits per heavy atom. The fourth-order valence-corrected chi connectivity index (χ4v) is 4.12. The third-order valence-corrected chi connectivity index (χ3v) is 5.72. The molecule has 0 saturated carbocycles. The largest absolute Gasteiger partial charge is 0.314 e. The number of rotatable bonds is 4. The van der Waals surface area contributed by atoms with Gasteiger partial charge in [0.1, 0.15) is 12.2 Å². The number of amides is 4. The molecule has 2 fully saturated rings. The number of nitrogens with one attached hydrogen (secondary N) is 3. The quantitative estimate of drug-likeness (QED) is 0.624. The van der Waals surface area contributed by atoms with Crippen molar-refractivity contribution in [1.82, 2.24) is 20.9 Å². The lowest BCUT2D eigenvalue weighted by molar-refractivity contribution is -0.136. The first-order chi connectivity index (χ1) is 14.0. The Morgan fingerprint density at radius 3 is 2.69 bits per heavy atom. The molecule has 0 spiro atoms. The van der Waals surface area contributed by atoms with Crippen molar-refractivity contribution in [3.05, 3.63) is 34.9 Å². The van der Waals surface area contributed by atoms with Gasteiger partial charge in [-0.2, -0.15) is 0 Å². The van der Waals surface area contributed by atoms with Gasteiger partial charge in [0, 0.05) is 25.6 Å². The summed E-state index contributed by atoms with van der Waals surface area (Å²) < 4.78 is 14.2. The van der Waals surface area contributed by atoms with E-state index in [1.807, 2.05) is 0 Å². The van der Waals surface area contributed by atoms with Gasteiger partial charge in [-0.25, -0.2) is 4.39 Å². The molecule has 4 amide bonds. The van der Waals surface area contributed by atoms with Gasteiger partial charge >= 0.3 is 0 Å². The molecule has 154 valence electrons. The topological polar surface area (TPSA) is 108 Å². The minimum Gasteiger partial charge on any atom is -0.314 e. The van der Waals surface area contributed by atoms with Crippen LogP contribution in [0.4, 0.5) is 4.39 Å². The molecule has 1 aromatic rings. The zero-order valence-corrected chi connectivity index (χ0v) is 15.9. The first-order valence-electron chi connectivity index (χ1n) is 9.88. The first kappa shape index (κ1) is 19.7. The fourth-order valence-electron chi connectivity index (χ4n) is 4.12. The van der Waals surface area contributed by atoms with Crippen LogP contribution in [0.25, 0.3) is 0 Å². The number of imide groups is 2. The Balaban J connectivity index is 1.48. The minimum atomic E-state index is -0.988. The summed E-state index contributed by atoms with van der Waals surface area (Å²) in [5.41, 5.74) is 1.24. The van der Waals surface area contributed by atoms with Gasteiger partial charge in [0.05, 0.1) is 11.1 Å². The van der Waals surface area contributed by atoms with E-state index in [2.05, 4.69) is 16.0 Å². The van der Waals surface area contributed by atoms with E-state index < -0.39 is 35.8 Å². The normalized spacial score (nSPS) is 27.6. The maximum Gasteiger partial charge on any atom is 0.262 e. The van der Waals surface area contributed by atoms with Gasteiger partial charge in [-0.05, 0) is 43.5 Å². The summed E-state index contributed by atoms with van der Waals surface area (Å²) in [6.07, 6.45) is 0.825. The molecule has 4 rings (SSSR count). The Hall–Kier alpha value is -2.65. The zero-order valence-electron chi connectivity index (χ0n) is 15.9. The lowest BCUT2D eigenvalue weighted by Gasteiger charge is -2.27. The third kappa shape index (κ3) is 3.79. The Labute approximate surface area is 167 Å². The summed E-state index contributed by atoms with van der Waals surface area (Å²) in [6.45, 7) is 1.48. The van der Waals surface area contributed by atoms with Gasteiger partial charge in [0.2, 0.25) is 11.8 Å². The van der Waals surface area contributed by atoms with Crippen LogP contribution >= 0.6 is 0 Å². The third-order valence-electron chi connectivity index (χ3n) is 5.72. The van der Waals surface area contributed by atoms with E-state index in [0.29, 0.717) is 13.1 Å². The Morgan fingerprint density at radius 1 is 1.10 bits per heavy atom. The Bertz CT molecular complexity index is 874. The second kappa shape index (κ2) is 8.00. The summed E-state index contributed by atoms with van der Waals surface area (Å²) in [4.78, 5) is 49.9. The van der Waals surface area contributed by atoms with Crippen LogP contribution < -0.4 is 16.0 Å². The molecular weight excluding hydrogens is 379 g/mol. The molecule has 3 heterocycles. The standard InChI is InChI=1S/C20H23FN4O4/c21-14-10-22-7-1-2-15(14)23-9-11-3-4-12-13(8-11)20(29)25(19(12)28)16-5-6-17(26)24-18(16)27/h3-4,8,14-16,22-23H,1-2,5-7,9-10H2,(H,24,26,27). The molecular formula is C20H23FN4O4. The minimum absolute atomic E-state index is 0.0830. The molecule has 0 aliphatic carbocycles. The van der Waals surface area contributed by atoms with Crippen molar-refractivity contribution in [2.24, 2.45) is 0 Å². The lowest BCUT2D eigenvalue weighted by Crippen LogP contribution is -2.54. The highest BCUT2D eigenvalue weighted by Crippen LogP contribution is 2.28. The SMILES string of the molecule is O=C1CCC(N2C(=O)c3ccc(CNC4CCCNCC4F)cc3C2=O)C(=O)N1. The highest BCUT2D eigenvalue weighted by Gasteiger charge is 2.44. The van der Waals surface area contributed by atoms with Crippen molar-refractivity contribution >= 4 is 23.6 Å². The number of hydrogen-bond donors (Lipinski definition) is 3. The molecule has 9 heteroatoms. The average molecular weight is 402 g/mol. The molecule has 0 radical (unpaired) electrons. The molecule has 1 aromatic carbocycles. The monoisotopic (exact) mass is 402 g/mol. The molecule has 29 heavy (non-hydrogen) atoms. The number of hydrogen-bond acceptors (Lipinski definition) is 6. The number of benzene rings is 1. The van der Waals surface area contributed by atoms with Crippen LogP contribution in [0.3, 0.4) is 0 Å².